The van der Waals surface area contributed by atoms with Gasteiger partial charge in [0, 0.05) is 10.4 Å². The summed E-state index contributed by atoms with van der Waals surface area (Å²) in [5.41, 5.74) is 2.04. The zero-order valence-corrected chi connectivity index (χ0v) is 13.0. The Morgan fingerprint density at radius 2 is 2.11 bits per heavy atom. The molecule has 2 nitrogen and oxygen atoms in total. The molecule has 1 rings (SSSR count). The highest BCUT2D eigenvalue weighted by Gasteiger charge is 2.16. The first-order valence-corrected chi connectivity index (χ1v) is 7.44. The SMILES string of the molecule is CCCC[C@H](CC)C(=O)Nc1ccc(C)cc1Br. The molecule has 0 saturated heterocycles. The highest BCUT2D eigenvalue weighted by molar-refractivity contribution is 9.10. The molecule has 0 heterocycles. The standard InChI is InChI=1S/C15H22BrNO/c1-4-6-7-12(5-2)15(18)17-14-9-8-11(3)10-13(14)16/h8-10,12H,4-7H2,1-3H3,(H,17,18)/t12-/m0/s1. The predicted molar refractivity (Wildman–Crippen MR) is 80.8 cm³/mol. The topological polar surface area (TPSA) is 29.1 Å². The molecule has 0 unspecified atom stereocenters. The van der Waals surface area contributed by atoms with Gasteiger partial charge in [0.05, 0.1) is 5.69 Å². The fourth-order valence-corrected chi connectivity index (χ4v) is 2.52. The minimum Gasteiger partial charge on any atom is -0.325 e. The quantitative estimate of drug-likeness (QED) is 0.794. The Morgan fingerprint density at radius 3 is 2.67 bits per heavy atom. The molecule has 0 fully saturated rings. The summed E-state index contributed by atoms with van der Waals surface area (Å²) in [5, 5.41) is 3.01. The van der Waals surface area contributed by atoms with Crippen LogP contribution in [0.1, 0.15) is 45.1 Å². The van der Waals surface area contributed by atoms with Gasteiger partial charge in [-0.15, -0.1) is 0 Å². The van der Waals surface area contributed by atoms with Gasteiger partial charge in [0.2, 0.25) is 5.91 Å². The number of benzene rings is 1. The van der Waals surface area contributed by atoms with Gasteiger partial charge in [-0.2, -0.15) is 0 Å². The van der Waals surface area contributed by atoms with E-state index in [1.807, 2.05) is 25.1 Å². The molecule has 0 bridgehead atoms. The zero-order valence-electron chi connectivity index (χ0n) is 11.4. The number of hydrogen-bond donors (Lipinski definition) is 1. The fraction of sp³-hybridized carbons (Fsp3) is 0.533. The molecule has 100 valence electrons. The number of aryl methyl sites for hydroxylation is 1. The monoisotopic (exact) mass is 311 g/mol. The van der Waals surface area contributed by atoms with Crippen molar-refractivity contribution < 1.29 is 4.79 Å². The van der Waals surface area contributed by atoms with Gasteiger partial charge in [-0.25, -0.2) is 0 Å². The summed E-state index contributed by atoms with van der Waals surface area (Å²) >= 11 is 3.48. The molecule has 18 heavy (non-hydrogen) atoms. The zero-order chi connectivity index (χ0) is 13.5. The third-order valence-electron chi connectivity index (χ3n) is 3.15. The van der Waals surface area contributed by atoms with E-state index in [2.05, 4.69) is 35.1 Å². The molecule has 0 aliphatic carbocycles. The largest absolute Gasteiger partial charge is 0.325 e. The van der Waals surface area contributed by atoms with Crippen LogP contribution in [0, 0.1) is 12.8 Å². The molecule has 1 aromatic carbocycles. The number of amides is 1. The van der Waals surface area contributed by atoms with Crippen molar-refractivity contribution in [3.63, 3.8) is 0 Å². The summed E-state index contributed by atoms with van der Waals surface area (Å²) in [6.07, 6.45) is 4.12. The normalized spacial score (nSPS) is 12.2. The Labute approximate surface area is 118 Å². The second-order valence-corrected chi connectivity index (χ2v) is 5.57. The molecule has 1 aromatic rings. The van der Waals surface area contributed by atoms with Gasteiger partial charge in [0.15, 0.2) is 0 Å². The van der Waals surface area contributed by atoms with E-state index in [0.717, 1.165) is 35.8 Å². The molecule has 1 amide bonds. The molecular formula is C15H22BrNO. The van der Waals surface area contributed by atoms with Gasteiger partial charge >= 0.3 is 0 Å². The molecule has 0 aliphatic rings. The van der Waals surface area contributed by atoms with E-state index in [9.17, 15) is 4.79 Å². The Hall–Kier alpha value is -0.830. The highest BCUT2D eigenvalue weighted by Crippen LogP contribution is 2.25. The van der Waals surface area contributed by atoms with Crippen molar-refractivity contribution in [3.8, 4) is 0 Å². The average Bonchev–Trinajstić information content (AvgIpc) is 2.34. The van der Waals surface area contributed by atoms with Crippen LogP contribution in [0.4, 0.5) is 5.69 Å². The first-order chi connectivity index (χ1) is 8.58. The maximum Gasteiger partial charge on any atom is 0.227 e. The molecule has 0 aromatic heterocycles. The average molecular weight is 312 g/mol. The van der Waals surface area contributed by atoms with Crippen LogP contribution in [0.2, 0.25) is 0 Å². The first-order valence-electron chi connectivity index (χ1n) is 6.65. The van der Waals surface area contributed by atoms with Crippen molar-refractivity contribution in [2.24, 2.45) is 5.92 Å². The lowest BCUT2D eigenvalue weighted by Gasteiger charge is -2.15. The number of nitrogens with one attached hydrogen (secondary N) is 1. The van der Waals surface area contributed by atoms with Crippen LogP contribution in [-0.2, 0) is 4.79 Å². The van der Waals surface area contributed by atoms with Gasteiger partial charge in [-0.3, -0.25) is 4.79 Å². The molecular weight excluding hydrogens is 290 g/mol. The van der Waals surface area contributed by atoms with Crippen LogP contribution >= 0.6 is 15.9 Å². The van der Waals surface area contributed by atoms with E-state index in [4.69, 9.17) is 0 Å². The Morgan fingerprint density at radius 1 is 1.39 bits per heavy atom. The van der Waals surface area contributed by atoms with Crippen molar-refractivity contribution in [3.05, 3.63) is 28.2 Å². The number of unbranched alkanes of at least 4 members (excludes halogenated alkanes) is 1. The van der Waals surface area contributed by atoms with Gasteiger partial charge in [0.1, 0.15) is 0 Å². The van der Waals surface area contributed by atoms with Crippen molar-refractivity contribution >= 4 is 27.5 Å². The second kappa shape index (κ2) is 7.57. The minimum atomic E-state index is 0.123. The number of anilines is 1. The fourth-order valence-electron chi connectivity index (χ4n) is 1.93. The Bertz CT molecular complexity index is 403. The molecule has 1 atom stereocenters. The van der Waals surface area contributed by atoms with Crippen LogP contribution in [0.15, 0.2) is 22.7 Å². The van der Waals surface area contributed by atoms with E-state index in [-0.39, 0.29) is 11.8 Å². The van der Waals surface area contributed by atoms with E-state index >= 15 is 0 Å². The number of halogens is 1. The lowest BCUT2D eigenvalue weighted by Crippen LogP contribution is -2.22. The van der Waals surface area contributed by atoms with Crippen LogP contribution < -0.4 is 5.32 Å². The van der Waals surface area contributed by atoms with Crippen LogP contribution in [0.25, 0.3) is 0 Å². The summed E-state index contributed by atoms with van der Waals surface area (Å²) < 4.78 is 0.946. The van der Waals surface area contributed by atoms with Crippen LogP contribution in [-0.4, -0.2) is 5.91 Å². The molecule has 0 radical (unpaired) electrons. The number of rotatable bonds is 6. The third-order valence-corrected chi connectivity index (χ3v) is 3.81. The lowest BCUT2D eigenvalue weighted by molar-refractivity contribution is -0.120. The Kier molecular flexibility index (Phi) is 6.41. The maximum absolute atomic E-state index is 12.2. The number of hydrogen-bond acceptors (Lipinski definition) is 1. The summed E-state index contributed by atoms with van der Waals surface area (Å²) in [6, 6.07) is 5.97. The molecule has 1 N–H and O–H groups in total. The van der Waals surface area contributed by atoms with Crippen molar-refractivity contribution in [1.29, 1.82) is 0 Å². The summed E-state index contributed by atoms with van der Waals surface area (Å²) in [5.74, 6) is 0.258. The van der Waals surface area contributed by atoms with E-state index in [1.54, 1.807) is 0 Å². The van der Waals surface area contributed by atoms with Gasteiger partial charge < -0.3 is 5.32 Å². The molecule has 0 saturated carbocycles. The maximum atomic E-state index is 12.2. The third kappa shape index (κ3) is 4.45. The first kappa shape index (κ1) is 15.2. The van der Waals surface area contributed by atoms with Crippen molar-refractivity contribution in [2.75, 3.05) is 5.32 Å². The summed E-state index contributed by atoms with van der Waals surface area (Å²) in [6.45, 7) is 6.26. The van der Waals surface area contributed by atoms with Crippen LogP contribution in [0.5, 0.6) is 0 Å². The predicted octanol–water partition coefficient (Wildman–Crippen LogP) is 4.91. The van der Waals surface area contributed by atoms with Crippen molar-refractivity contribution in [2.45, 2.75) is 46.5 Å². The van der Waals surface area contributed by atoms with E-state index in [0.29, 0.717) is 0 Å². The highest BCUT2D eigenvalue weighted by atomic mass is 79.9. The van der Waals surface area contributed by atoms with E-state index in [1.165, 1.54) is 5.56 Å². The second-order valence-electron chi connectivity index (χ2n) is 4.72. The molecule has 0 spiro atoms. The molecule has 0 aliphatic heterocycles. The Balaban J connectivity index is 2.67. The minimum absolute atomic E-state index is 0.123. The number of carbonyl (C=O) groups excluding carboxylic acids is 1. The van der Waals surface area contributed by atoms with E-state index < -0.39 is 0 Å². The smallest absolute Gasteiger partial charge is 0.227 e. The summed E-state index contributed by atoms with van der Waals surface area (Å²) in [7, 11) is 0. The van der Waals surface area contributed by atoms with Crippen molar-refractivity contribution in [1.82, 2.24) is 0 Å². The van der Waals surface area contributed by atoms with Gasteiger partial charge in [-0.05, 0) is 53.4 Å². The molecule has 3 heteroatoms. The summed E-state index contributed by atoms with van der Waals surface area (Å²) in [4.78, 5) is 12.2. The number of carbonyl (C=O) groups is 1. The lowest BCUT2D eigenvalue weighted by atomic mass is 9.98. The van der Waals surface area contributed by atoms with Gasteiger partial charge in [-0.1, -0.05) is 32.8 Å². The van der Waals surface area contributed by atoms with Crippen LogP contribution in [0.3, 0.4) is 0 Å². The van der Waals surface area contributed by atoms with Gasteiger partial charge in [0.25, 0.3) is 0 Å².